The lowest BCUT2D eigenvalue weighted by atomic mass is 9.90. The molecule has 0 bridgehead atoms. The van der Waals surface area contributed by atoms with E-state index in [0.29, 0.717) is 11.5 Å². The molecule has 5 atom stereocenters. The molecule has 63 heavy (non-hydrogen) atoms. The third-order valence-corrected chi connectivity index (χ3v) is 10.6. The number of hydroxylamine groups is 2. The van der Waals surface area contributed by atoms with Crippen molar-refractivity contribution in [3.05, 3.63) is 72.0 Å². The van der Waals surface area contributed by atoms with Crippen LogP contribution in [0.2, 0.25) is 0 Å². The lowest BCUT2D eigenvalue weighted by molar-refractivity contribution is -0.161. The van der Waals surface area contributed by atoms with Gasteiger partial charge >= 0.3 is 31.6 Å². The van der Waals surface area contributed by atoms with Gasteiger partial charge < -0.3 is 49.7 Å². The molecule has 22 nitrogen and oxygen atoms in total. The Labute approximate surface area is 361 Å². The van der Waals surface area contributed by atoms with Crippen LogP contribution < -0.4 is 30.3 Å². The van der Waals surface area contributed by atoms with E-state index in [4.69, 9.17) is 33.3 Å². The van der Waals surface area contributed by atoms with Gasteiger partial charge in [-0.3, -0.25) is 28.8 Å². The fraction of sp³-hybridized carbons (Fsp3) is 0.400. The number of benzene rings is 2. The van der Waals surface area contributed by atoms with E-state index in [-0.39, 0.29) is 53.4 Å². The summed E-state index contributed by atoms with van der Waals surface area (Å²) in [6.45, 7) is 3.66. The fourth-order valence-corrected chi connectivity index (χ4v) is 7.49. The number of carboxylic acid groups (broad SMARTS) is 3. The number of ether oxygens (including phenoxy) is 2. The molecular weight excluding hydrogens is 853 g/mol. The average Bonchev–Trinajstić information content (AvgIpc) is 3.75. The van der Waals surface area contributed by atoms with Crippen molar-refractivity contribution >= 4 is 55.8 Å². The molecule has 0 aliphatic carbocycles. The fourth-order valence-electron chi connectivity index (χ4n) is 5.97. The van der Waals surface area contributed by atoms with Crippen molar-refractivity contribution in [1.82, 2.24) is 26.1 Å². The Bertz CT molecular complexity index is 2130. The van der Waals surface area contributed by atoms with Crippen LogP contribution in [0.4, 0.5) is 0 Å². The van der Waals surface area contributed by atoms with Crippen LogP contribution in [0.5, 0.6) is 11.5 Å². The maximum Gasteiger partial charge on any atom is 0.481 e. The number of amides is 4. The van der Waals surface area contributed by atoms with E-state index in [1.807, 2.05) is 6.92 Å². The highest BCUT2D eigenvalue weighted by Crippen LogP contribution is 2.46. The van der Waals surface area contributed by atoms with Gasteiger partial charge in [-0.05, 0) is 56.2 Å². The maximum atomic E-state index is 14.1. The zero-order chi connectivity index (χ0) is 46.7. The number of hydrogen-bond acceptors (Lipinski definition) is 14. The summed E-state index contributed by atoms with van der Waals surface area (Å²) in [5.41, 5.74) is -0.131. The van der Waals surface area contributed by atoms with E-state index in [0.717, 1.165) is 26.0 Å². The monoisotopic (exact) mass is 903 g/mol. The number of carbonyl (C=O) groups excluding carboxylic acids is 5. The van der Waals surface area contributed by atoms with Crippen LogP contribution >= 0.6 is 7.75 Å². The number of carboxylic acids is 3. The highest BCUT2D eigenvalue weighted by atomic mass is 31.2. The molecule has 2 aromatic carbocycles. The van der Waals surface area contributed by atoms with Crippen molar-refractivity contribution in [2.24, 2.45) is 5.92 Å². The van der Waals surface area contributed by atoms with Crippen molar-refractivity contribution in [1.29, 1.82) is 0 Å². The Hall–Kier alpha value is -6.77. The first-order valence-corrected chi connectivity index (χ1v) is 21.0. The van der Waals surface area contributed by atoms with Crippen LogP contribution in [0.3, 0.4) is 0 Å². The number of unbranched alkanes of at least 4 members (excludes halogenated alkanes) is 2. The zero-order valence-corrected chi connectivity index (χ0v) is 35.7. The van der Waals surface area contributed by atoms with Crippen molar-refractivity contribution < 1.29 is 81.3 Å². The number of aliphatic carboxylic acids is 3. The van der Waals surface area contributed by atoms with Crippen LogP contribution in [-0.2, 0) is 42.7 Å². The molecule has 1 heterocycles. The molecule has 0 aliphatic rings. The van der Waals surface area contributed by atoms with Gasteiger partial charge in [0.1, 0.15) is 29.3 Å². The quantitative estimate of drug-likeness (QED) is 0.0137. The van der Waals surface area contributed by atoms with Gasteiger partial charge in [-0.15, -0.1) is 0 Å². The minimum Gasteiger partial charge on any atom is -0.481 e. The number of hydrogen-bond donors (Lipinski definition) is 7. The minimum atomic E-state index is -4.57. The lowest BCUT2D eigenvalue weighted by Crippen LogP contribution is -2.49. The van der Waals surface area contributed by atoms with Crippen molar-refractivity contribution in [2.45, 2.75) is 77.4 Å². The van der Waals surface area contributed by atoms with Crippen LogP contribution in [-0.4, -0.2) is 107 Å². The van der Waals surface area contributed by atoms with Crippen LogP contribution in [0.1, 0.15) is 80.2 Å². The third-order valence-electron chi connectivity index (χ3n) is 9.03. The van der Waals surface area contributed by atoms with Crippen LogP contribution in [0, 0.1) is 5.92 Å². The molecule has 0 saturated carbocycles. The van der Waals surface area contributed by atoms with Crippen molar-refractivity contribution in [3.8, 4) is 22.8 Å². The highest BCUT2D eigenvalue weighted by Gasteiger charge is 2.40. The standard InChI is InChI=1S/C40H50N5O17P/c1-5-7-9-14-27(30(6-2)45(23-46)62-63(57,44-24(3)40(56)58-4)61-26-12-10-8-11-13-26)36(51)41-22-42-38(53)32-18-17-31(60-32)25-15-16-28(33(19-25)59-21-35(49)50)37(52)43-29(39(54)55)20-34(47)48/h8,10-13,15-19,23-24,27,29-30H,5-7,9,14,20-22H2,1-4H3,(H,41,51)(H,42,53)(H,43,52)(H,44,57)(H,47,48)(H,49,50)(H,54,55)/t24-,27+,29-,30+,63?/m0/s1. The van der Waals surface area contributed by atoms with Crippen molar-refractivity contribution in [2.75, 3.05) is 20.4 Å². The van der Waals surface area contributed by atoms with E-state index in [1.165, 1.54) is 43.3 Å². The van der Waals surface area contributed by atoms with Crippen LogP contribution in [0.15, 0.2) is 65.1 Å². The zero-order valence-electron chi connectivity index (χ0n) is 34.8. The second kappa shape index (κ2) is 24.6. The summed E-state index contributed by atoms with van der Waals surface area (Å²) < 4.78 is 41.1. The predicted octanol–water partition coefficient (Wildman–Crippen LogP) is 3.57. The number of nitrogens with one attached hydrogen (secondary N) is 4. The van der Waals surface area contributed by atoms with Gasteiger partial charge in [0.25, 0.3) is 11.8 Å². The predicted molar refractivity (Wildman–Crippen MR) is 219 cm³/mol. The van der Waals surface area contributed by atoms with E-state index < -0.39 is 93.1 Å². The molecule has 1 aromatic heterocycles. The number of carbonyl (C=O) groups is 8. The van der Waals surface area contributed by atoms with Gasteiger partial charge in [0.2, 0.25) is 12.3 Å². The number of nitrogens with zero attached hydrogens (tertiary/aromatic N) is 1. The number of rotatable bonds is 28. The number of para-hydroxylation sites is 1. The molecule has 342 valence electrons. The van der Waals surface area contributed by atoms with Gasteiger partial charge in [0, 0.05) is 5.56 Å². The molecule has 4 amide bonds. The Kier molecular flexibility index (Phi) is 19.8. The normalized spacial score (nSPS) is 13.7. The number of esters is 1. The molecule has 0 radical (unpaired) electrons. The lowest BCUT2D eigenvalue weighted by Gasteiger charge is -2.34. The van der Waals surface area contributed by atoms with Crippen molar-refractivity contribution in [3.63, 3.8) is 0 Å². The molecule has 1 unspecified atom stereocenters. The number of furan rings is 1. The Morgan fingerprint density at radius 3 is 2.22 bits per heavy atom. The van der Waals surface area contributed by atoms with E-state index in [2.05, 4.69) is 21.0 Å². The molecule has 3 aromatic rings. The summed E-state index contributed by atoms with van der Waals surface area (Å²) in [6, 6.07) is 10.2. The van der Waals surface area contributed by atoms with E-state index in [9.17, 15) is 48.0 Å². The summed E-state index contributed by atoms with van der Waals surface area (Å²) in [5.74, 6) is -9.16. The molecule has 0 aliphatic heterocycles. The molecule has 0 spiro atoms. The summed E-state index contributed by atoms with van der Waals surface area (Å²) in [6.07, 6.45) is 1.77. The summed E-state index contributed by atoms with van der Waals surface area (Å²) in [4.78, 5) is 98.5. The maximum absolute atomic E-state index is 14.1. The largest absolute Gasteiger partial charge is 0.481 e. The van der Waals surface area contributed by atoms with Gasteiger partial charge in [-0.2, -0.15) is 9.71 Å². The topological polar surface area (TPSA) is 316 Å². The minimum absolute atomic E-state index is 0.0466. The Morgan fingerprint density at radius 2 is 1.62 bits per heavy atom. The first kappa shape index (κ1) is 50.6. The molecular formula is C40H50N5O17P. The van der Waals surface area contributed by atoms with Gasteiger partial charge in [0.05, 0.1) is 37.7 Å². The molecule has 7 N–H and O–H groups in total. The summed E-state index contributed by atoms with van der Waals surface area (Å²) >= 11 is 0. The first-order valence-electron chi connectivity index (χ1n) is 19.5. The van der Waals surface area contributed by atoms with Crippen LogP contribution in [0.25, 0.3) is 11.3 Å². The van der Waals surface area contributed by atoms with Gasteiger partial charge in [0.15, 0.2) is 12.4 Å². The molecule has 23 heteroatoms. The molecule has 0 saturated heterocycles. The second-order valence-corrected chi connectivity index (χ2v) is 15.2. The SMILES string of the molecule is CCCCC[C@@H](C(=O)NCNC(=O)c1ccc(-c2ccc(C(=O)N[C@@H](CC(=O)O)C(=O)O)c(OCC(=O)O)c2)o1)[C@@H](CC)N(C=O)OP(=O)(N[C@@H](C)C(=O)OC)Oc1ccccc1. The smallest absolute Gasteiger partial charge is 0.481 e. The van der Waals surface area contributed by atoms with E-state index >= 15 is 0 Å². The number of methoxy groups -OCH3 is 1. The summed E-state index contributed by atoms with van der Waals surface area (Å²) in [5, 5.41) is 37.8. The first-order chi connectivity index (χ1) is 29.9. The average molecular weight is 904 g/mol. The second-order valence-electron chi connectivity index (χ2n) is 13.6. The molecule has 3 rings (SSSR count). The van der Waals surface area contributed by atoms with Gasteiger partial charge in [-0.1, -0.05) is 57.4 Å². The molecule has 0 fully saturated rings. The Balaban J connectivity index is 1.78. The third kappa shape index (κ3) is 15.6. The summed E-state index contributed by atoms with van der Waals surface area (Å²) in [7, 11) is -3.44. The highest BCUT2D eigenvalue weighted by molar-refractivity contribution is 7.52. The van der Waals surface area contributed by atoms with Gasteiger partial charge in [-0.25, -0.2) is 19.2 Å². The van der Waals surface area contributed by atoms with E-state index in [1.54, 1.807) is 25.1 Å². The Morgan fingerprint density at radius 1 is 0.905 bits per heavy atom.